The zero-order valence-electron chi connectivity index (χ0n) is 10.5. The fourth-order valence-corrected chi connectivity index (χ4v) is 2.52. The van der Waals surface area contributed by atoms with E-state index in [0.29, 0.717) is 19.0 Å². The molecule has 1 aromatic heterocycles. The first-order chi connectivity index (χ1) is 9.04. The van der Waals surface area contributed by atoms with Crippen molar-refractivity contribution in [2.24, 2.45) is 5.92 Å². The van der Waals surface area contributed by atoms with Crippen LogP contribution in [-0.4, -0.2) is 33.8 Å². The predicted molar refractivity (Wildman–Crippen MR) is 70.2 cm³/mol. The normalized spacial score (nSPS) is 18.6. The molecule has 1 saturated heterocycles. The molecule has 0 bridgehead atoms. The highest BCUT2D eigenvalue weighted by atomic mass is 35.5. The second-order valence-corrected chi connectivity index (χ2v) is 4.93. The van der Waals surface area contributed by atoms with Gasteiger partial charge in [-0.2, -0.15) is 0 Å². The summed E-state index contributed by atoms with van der Waals surface area (Å²) in [4.78, 5) is 28.0. The monoisotopic (exact) mass is 283 g/mol. The first-order valence-electron chi connectivity index (χ1n) is 6.12. The largest absolute Gasteiger partial charge is 0.338 e. The van der Waals surface area contributed by atoms with Gasteiger partial charge in [0.15, 0.2) is 0 Å². The van der Waals surface area contributed by atoms with Gasteiger partial charge in [0.1, 0.15) is 5.56 Å². The van der Waals surface area contributed by atoms with Gasteiger partial charge in [0.05, 0.1) is 4.92 Å². The van der Waals surface area contributed by atoms with Crippen LogP contribution in [-0.2, 0) is 0 Å². The Morgan fingerprint density at radius 2 is 2.42 bits per heavy atom. The molecule has 7 heteroatoms. The Kier molecular flexibility index (Phi) is 3.99. The van der Waals surface area contributed by atoms with Crippen LogP contribution in [0.25, 0.3) is 0 Å². The van der Waals surface area contributed by atoms with Crippen molar-refractivity contribution in [1.82, 2.24) is 9.88 Å². The summed E-state index contributed by atoms with van der Waals surface area (Å²) in [6.07, 6.45) is 3.26. The summed E-state index contributed by atoms with van der Waals surface area (Å²) in [5, 5.41) is 10.7. The Morgan fingerprint density at radius 3 is 3.00 bits per heavy atom. The zero-order chi connectivity index (χ0) is 14.0. The van der Waals surface area contributed by atoms with Crippen LogP contribution >= 0.6 is 11.6 Å². The molecule has 1 amide bonds. The molecule has 6 nitrogen and oxygen atoms in total. The van der Waals surface area contributed by atoms with E-state index in [0.717, 1.165) is 12.8 Å². The fourth-order valence-electron chi connectivity index (χ4n) is 2.30. The van der Waals surface area contributed by atoms with Crippen molar-refractivity contribution in [3.63, 3.8) is 0 Å². The van der Waals surface area contributed by atoms with Crippen LogP contribution in [0.2, 0.25) is 5.15 Å². The van der Waals surface area contributed by atoms with Crippen molar-refractivity contribution in [2.75, 3.05) is 13.1 Å². The fraction of sp³-hybridized carbons (Fsp3) is 0.500. The number of likely N-dealkylation sites (tertiary alicyclic amines) is 1. The molecule has 1 aliphatic rings. The number of aromatic nitrogens is 1. The number of hydrogen-bond donors (Lipinski definition) is 0. The summed E-state index contributed by atoms with van der Waals surface area (Å²) < 4.78 is 0. The lowest BCUT2D eigenvalue weighted by molar-refractivity contribution is -0.385. The van der Waals surface area contributed by atoms with E-state index in [1.807, 2.05) is 0 Å². The minimum absolute atomic E-state index is 0.0155. The number of hydrogen-bond acceptors (Lipinski definition) is 4. The highest BCUT2D eigenvalue weighted by Crippen LogP contribution is 2.29. The van der Waals surface area contributed by atoms with Crippen molar-refractivity contribution < 1.29 is 9.72 Å². The molecule has 1 fully saturated rings. The molecular formula is C12H14ClN3O3. The summed E-state index contributed by atoms with van der Waals surface area (Å²) in [5.74, 6) is 0.132. The number of rotatable bonds is 3. The van der Waals surface area contributed by atoms with Crippen LogP contribution in [0.3, 0.4) is 0 Å². The third kappa shape index (κ3) is 2.68. The van der Waals surface area contributed by atoms with Gasteiger partial charge >= 0.3 is 5.69 Å². The van der Waals surface area contributed by atoms with E-state index in [4.69, 9.17) is 11.6 Å². The van der Waals surface area contributed by atoms with E-state index < -0.39 is 10.6 Å². The number of carbonyl (C=O) groups is 1. The summed E-state index contributed by atoms with van der Waals surface area (Å²) in [6.45, 7) is 3.35. The Hall–Kier alpha value is -1.69. The first kappa shape index (κ1) is 13.7. The van der Waals surface area contributed by atoms with Gasteiger partial charge in [-0.15, -0.1) is 0 Å². The maximum atomic E-state index is 12.3. The highest BCUT2D eigenvalue weighted by Gasteiger charge is 2.31. The zero-order valence-corrected chi connectivity index (χ0v) is 11.3. The van der Waals surface area contributed by atoms with Crippen LogP contribution in [0.15, 0.2) is 12.3 Å². The molecule has 0 radical (unpaired) electrons. The van der Waals surface area contributed by atoms with Gasteiger partial charge in [-0.3, -0.25) is 14.9 Å². The standard InChI is InChI=1S/C12H14ClN3O3/c1-2-8-4-6-15(7-8)12(17)9-3-5-14-11(13)10(9)16(18)19/h3,5,8H,2,4,6-7H2,1H3. The summed E-state index contributed by atoms with van der Waals surface area (Å²) >= 11 is 5.71. The molecule has 0 N–H and O–H groups in total. The van der Waals surface area contributed by atoms with Gasteiger partial charge in [0, 0.05) is 19.3 Å². The van der Waals surface area contributed by atoms with Crippen LogP contribution < -0.4 is 0 Å². The number of amides is 1. The van der Waals surface area contributed by atoms with Gasteiger partial charge in [-0.25, -0.2) is 4.98 Å². The second-order valence-electron chi connectivity index (χ2n) is 4.57. The average Bonchev–Trinajstić information content (AvgIpc) is 2.85. The van der Waals surface area contributed by atoms with E-state index in [-0.39, 0.29) is 16.6 Å². The van der Waals surface area contributed by atoms with Crippen molar-refractivity contribution in [3.8, 4) is 0 Å². The smallest absolute Gasteiger partial charge is 0.319 e. The van der Waals surface area contributed by atoms with Crippen molar-refractivity contribution in [1.29, 1.82) is 0 Å². The lowest BCUT2D eigenvalue weighted by Gasteiger charge is -2.16. The minimum Gasteiger partial charge on any atom is -0.338 e. The maximum Gasteiger partial charge on any atom is 0.319 e. The van der Waals surface area contributed by atoms with E-state index >= 15 is 0 Å². The number of halogens is 1. The van der Waals surface area contributed by atoms with E-state index in [9.17, 15) is 14.9 Å². The van der Waals surface area contributed by atoms with Crippen molar-refractivity contribution in [3.05, 3.63) is 33.1 Å². The molecule has 1 atom stereocenters. The molecule has 0 aromatic carbocycles. The van der Waals surface area contributed by atoms with E-state index in [2.05, 4.69) is 11.9 Å². The predicted octanol–water partition coefficient (Wildman–Crippen LogP) is 2.52. The Morgan fingerprint density at radius 1 is 1.68 bits per heavy atom. The first-order valence-corrected chi connectivity index (χ1v) is 6.50. The molecule has 0 saturated carbocycles. The van der Waals surface area contributed by atoms with Gasteiger partial charge in [-0.05, 0) is 18.4 Å². The Labute approximate surface area is 115 Å². The van der Waals surface area contributed by atoms with Crippen molar-refractivity contribution >= 4 is 23.2 Å². The third-order valence-corrected chi connectivity index (χ3v) is 3.72. The molecule has 1 aromatic rings. The maximum absolute atomic E-state index is 12.3. The topological polar surface area (TPSA) is 76.3 Å². The number of nitrogens with zero attached hydrogens (tertiary/aromatic N) is 3. The summed E-state index contributed by atoms with van der Waals surface area (Å²) in [7, 11) is 0. The van der Waals surface area contributed by atoms with E-state index in [1.54, 1.807) is 4.90 Å². The lowest BCUT2D eigenvalue weighted by atomic mass is 10.1. The quantitative estimate of drug-likeness (QED) is 0.485. The van der Waals surface area contributed by atoms with Gasteiger partial charge in [-0.1, -0.05) is 24.9 Å². The summed E-state index contributed by atoms with van der Waals surface area (Å²) in [6, 6.07) is 1.35. The lowest BCUT2D eigenvalue weighted by Crippen LogP contribution is -2.29. The molecule has 0 aliphatic carbocycles. The van der Waals surface area contributed by atoms with Crippen LogP contribution in [0.5, 0.6) is 0 Å². The third-order valence-electron chi connectivity index (χ3n) is 3.44. The number of pyridine rings is 1. The molecule has 1 unspecified atom stereocenters. The van der Waals surface area contributed by atoms with Gasteiger partial charge in [0.25, 0.3) is 5.91 Å². The molecule has 0 spiro atoms. The molecule has 2 rings (SSSR count). The molecular weight excluding hydrogens is 270 g/mol. The van der Waals surface area contributed by atoms with E-state index in [1.165, 1.54) is 12.3 Å². The van der Waals surface area contributed by atoms with Crippen LogP contribution in [0, 0.1) is 16.0 Å². The molecule has 1 aliphatic heterocycles. The Bertz CT molecular complexity index is 521. The minimum atomic E-state index is -0.657. The van der Waals surface area contributed by atoms with Crippen LogP contribution in [0.1, 0.15) is 30.1 Å². The number of carbonyl (C=O) groups excluding carboxylic acids is 1. The molecule has 19 heavy (non-hydrogen) atoms. The molecule has 2 heterocycles. The Balaban J connectivity index is 2.30. The highest BCUT2D eigenvalue weighted by molar-refractivity contribution is 6.32. The van der Waals surface area contributed by atoms with Gasteiger partial charge in [0.2, 0.25) is 5.15 Å². The van der Waals surface area contributed by atoms with Gasteiger partial charge < -0.3 is 4.90 Å². The van der Waals surface area contributed by atoms with Crippen LogP contribution in [0.4, 0.5) is 5.69 Å². The summed E-state index contributed by atoms with van der Waals surface area (Å²) in [5.41, 5.74) is -0.393. The SMILES string of the molecule is CCC1CCN(C(=O)c2ccnc(Cl)c2[N+](=O)[O-])C1. The number of nitro groups is 1. The van der Waals surface area contributed by atoms with Crippen molar-refractivity contribution in [2.45, 2.75) is 19.8 Å². The molecule has 102 valence electrons. The second kappa shape index (κ2) is 5.52. The average molecular weight is 284 g/mol.